The zero-order valence-electron chi connectivity index (χ0n) is 24.2. The van der Waals surface area contributed by atoms with Crippen molar-refractivity contribution in [3.8, 4) is 22.9 Å². The van der Waals surface area contributed by atoms with Crippen molar-refractivity contribution < 1.29 is 9.47 Å². The molecule has 0 spiro atoms. The van der Waals surface area contributed by atoms with Crippen LogP contribution in [-0.4, -0.2) is 21.8 Å². The number of anilines is 1. The predicted octanol–water partition coefficient (Wildman–Crippen LogP) is 8.03. The number of thiocarbonyl (C=S) groups is 1. The summed E-state index contributed by atoms with van der Waals surface area (Å²) in [5, 5.41) is 4.25. The first kappa shape index (κ1) is 27.5. The molecule has 0 amide bonds. The fraction of sp³-hybridized carbons (Fsp3) is 0.200. The summed E-state index contributed by atoms with van der Waals surface area (Å²) in [4.78, 5) is 6.93. The van der Waals surface area contributed by atoms with Crippen molar-refractivity contribution in [3.05, 3.63) is 131 Å². The Bertz CT molecular complexity index is 1680. The summed E-state index contributed by atoms with van der Waals surface area (Å²) in [6.45, 7) is 6.53. The van der Waals surface area contributed by atoms with Gasteiger partial charge in [-0.2, -0.15) is 0 Å². The topological polar surface area (TPSA) is 51.6 Å². The Hall–Kier alpha value is -4.62. The molecule has 0 aliphatic carbocycles. The third-order valence-electron chi connectivity index (χ3n) is 7.90. The second-order valence-corrected chi connectivity index (χ2v) is 10.8. The molecule has 2 aromatic heterocycles. The quantitative estimate of drug-likeness (QED) is 0.189. The van der Waals surface area contributed by atoms with Gasteiger partial charge >= 0.3 is 0 Å². The zero-order valence-corrected chi connectivity index (χ0v) is 25.1. The van der Waals surface area contributed by atoms with Gasteiger partial charge < -0.3 is 24.3 Å². The van der Waals surface area contributed by atoms with Gasteiger partial charge in [-0.25, -0.2) is 0 Å². The van der Waals surface area contributed by atoms with E-state index in [4.69, 9.17) is 26.7 Å². The van der Waals surface area contributed by atoms with Crippen LogP contribution in [0.15, 0.2) is 103 Å². The van der Waals surface area contributed by atoms with Crippen molar-refractivity contribution in [2.24, 2.45) is 0 Å². The van der Waals surface area contributed by atoms with Gasteiger partial charge in [0.25, 0.3) is 0 Å². The van der Waals surface area contributed by atoms with Gasteiger partial charge in [-0.1, -0.05) is 25.1 Å². The van der Waals surface area contributed by atoms with Gasteiger partial charge in [0.15, 0.2) is 5.11 Å². The van der Waals surface area contributed by atoms with E-state index in [1.54, 1.807) is 7.11 Å². The Morgan fingerprint density at radius 3 is 2.10 bits per heavy atom. The fourth-order valence-electron chi connectivity index (χ4n) is 5.77. The first-order valence-electron chi connectivity index (χ1n) is 14.2. The van der Waals surface area contributed by atoms with E-state index in [2.05, 4.69) is 84.1 Å². The largest absolute Gasteiger partial charge is 0.497 e. The van der Waals surface area contributed by atoms with E-state index in [0.29, 0.717) is 5.11 Å². The highest BCUT2D eigenvalue weighted by molar-refractivity contribution is 7.80. The average Bonchev–Trinajstić information content (AvgIpc) is 3.52. The van der Waals surface area contributed by atoms with Crippen LogP contribution in [0.5, 0.6) is 17.2 Å². The minimum atomic E-state index is -0.120. The monoisotopic (exact) mass is 574 g/mol. The number of nitrogens with zero attached hydrogens (tertiary/aromatic N) is 3. The summed E-state index contributed by atoms with van der Waals surface area (Å²) >= 11 is 5.98. The number of ether oxygens (including phenoxy) is 2. The molecule has 1 N–H and O–H groups in total. The molecule has 2 atom stereocenters. The van der Waals surface area contributed by atoms with Crippen molar-refractivity contribution in [2.75, 3.05) is 12.0 Å². The average molecular weight is 575 g/mol. The van der Waals surface area contributed by atoms with Crippen LogP contribution in [0.4, 0.5) is 5.69 Å². The highest BCUT2D eigenvalue weighted by Crippen LogP contribution is 2.44. The van der Waals surface area contributed by atoms with Crippen molar-refractivity contribution in [2.45, 2.75) is 39.3 Å². The lowest BCUT2D eigenvalue weighted by molar-refractivity contribution is 0.413. The third kappa shape index (κ3) is 5.23. The molecule has 1 aliphatic heterocycles. The smallest absolute Gasteiger partial charge is 0.174 e. The standard InChI is InChI=1S/C35H34N4O2S/c1-5-25-9-11-26(12-10-25)38-23(2)22-31(24(38)3)34-33(32-8-6-7-21-36-32)37-35(42)39(34)27-13-15-29(16-14-27)41-30-19-17-28(40-4)18-20-30/h6-22,33-34H,5H2,1-4H3,(H,37,42)/t33-,34-/m1/s1. The van der Waals surface area contributed by atoms with Crippen LogP contribution >= 0.6 is 12.2 Å². The Balaban J connectivity index is 1.37. The summed E-state index contributed by atoms with van der Waals surface area (Å²) in [7, 11) is 1.65. The molecule has 0 unspecified atom stereocenters. The van der Waals surface area contributed by atoms with Crippen molar-refractivity contribution >= 4 is 23.0 Å². The van der Waals surface area contributed by atoms with Crippen molar-refractivity contribution in [3.63, 3.8) is 0 Å². The molecule has 1 aliphatic rings. The lowest BCUT2D eigenvalue weighted by atomic mass is 9.96. The number of hydrogen-bond acceptors (Lipinski definition) is 4. The van der Waals surface area contributed by atoms with E-state index in [1.165, 1.54) is 22.5 Å². The Morgan fingerprint density at radius 2 is 1.48 bits per heavy atom. The van der Waals surface area contributed by atoms with Crippen LogP contribution < -0.4 is 19.7 Å². The molecule has 5 aromatic rings. The van der Waals surface area contributed by atoms with Crippen molar-refractivity contribution in [1.82, 2.24) is 14.9 Å². The van der Waals surface area contributed by atoms with Crippen LogP contribution in [0.2, 0.25) is 0 Å². The summed E-state index contributed by atoms with van der Waals surface area (Å²) in [5.41, 5.74) is 7.97. The van der Waals surface area contributed by atoms with Gasteiger partial charge in [-0.05, 0) is 122 Å². The Morgan fingerprint density at radius 1 is 0.833 bits per heavy atom. The Labute approximate surface area is 252 Å². The lowest BCUT2D eigenvalue weighted by Gasteiger charge is -2.28. The highest BCUT2D eigenvalue weighted by Gasteiger charge is 2.42. The van der Waals surface area contributed by atoms with Gasteiger partial charge in [0.2, 0.25) is 0 Å². The molecule has 1 saturated heterocycles. The second kappa shape index (κ2) is 11.7. The first-order chi connectivity index (χ1) is 20.5. The lowest BCUT2D eigenvalue weighted by Crippen LogP contribution is -2.29. The van der Waals surface area contributed by atoms with Crippen LogP contribution in [0, 0.1) is 13.8 Å². The normalized spacial score (nSPS) is 16.4. The number of hydrogen-bond donors (Lipinski definition) is 1. The molecule has 7 heteroatoms. The second-order valence-electron chi connectivity index (χ2n) is 10.4. The number of methoxy groups -OCH3 is 1. The molecule has 42 heavy (non-hydrogen) atoms. The predicted molar refractivity (Wildman–Crippen MR) is 172 cm³/mol. The SMILES string of the molecule is CCc1ccc(-n2c(C)cc([C@@H]3[C@@H](c4ccccn4)NC(=S)N3c3ccc(Oc4ccc(OC)cc4)cc3)c2C)cc1. The minimum absolute atomic E-state index is 0.101. The first-order valence-corrected chi connectivity index (χ1v) is 14.6. The van der Waals surface area contributed by atoms with E-state index < -0.39 is 0 Å². The van der Waals surface area contributed by atoms with E-state index >= 15 is 0 Å². The van der Waals surface area contributed by atoms with Crippen LogP contribution in [0.25, 0.3) is 5.69 Å². The molecule has 3 aromatic carbocycles. The van der Waals surface area contributed by atoms with Gasteiger partial charge in [-0.15, -0.1) is 0 Å². The zero-order chi connectivity index (χ0) is 29.2. The number of pyridine rings is 1. The molecular weight excluding hydrogens is 540 g/mol. The van der Waals surface area contributed by atoms with Gasteiger partial charge in [0.05, 0.1) is 24.9 Å². The molecule has 0 saturated carbocycles. The number of benzene rings is 3. The fourth-order valence-corrected chi connectivity index (χ4v) is 6.11. The molecule has 1 fully saturated rings. The number of rotatable bonds is 8. The van der Waals surface area contributed by atoms with Gasteiger partial charge in [-0.3, -0.25) is 4.98 Å². The van der Waals surface area contributed by atoms with E-state index in [9.17, 15) is 0 Å². The van der Waals surface area contributed by atoms with Gasteiger partial charge in [0, 0.05) is 29.0 Å². The Kier molecular flexibility index (Phi) is 7.68. The van der Waals surface area contributed by atoms with Crippen molar-refractivity contribution in [1.29, 1.82) is 0 Å². The molecule has 0 bridgehead atoms. The van der Waals surface area contributed by atoms with E-state index in [-0.39, 0.29) is 12.1 Å². The van der Waals surface area contributed by atoms with Crippen LogP contribution in [0.3, 0.4) is 0 Å². The van der Waals surface area contributed by atoms with E-state index in [1.807, 2.05) is 54.7 Å². The molecule has 6 nitrogen and oxygen atoms in total. The van der Waals surface area contributed by atoms with Crippen LogP contribution in [0.1, 0.15) is 47.2 Å². The maximum Gasteiger partial charge on any atom is 0.174 e. The maximum absolute atomic E-state index is 6.09. The summed E-state index contributed by atoms with van der Waals surface area (Å²) in [6, 6.07) is 32.5. The number of aromatic nitrogens is 2. The molecule has 3 heterocycles. The van der Waals surface area contributed by atoms with Crippen LogP contribution in [-0.2, 0) is 6.42 Å². The van der Waals surface area contributed by atoms with Gasteiger partial charge in [0.1, 0.15) is 17.2 Å². The highest BCUT2D eigenvalue weighted by atomic mass is 32.1. The number of aryl methyl sites for hydroxylation is 2. The summed E-state index contributed by atoms with van der Waals surface area (Å²) in [6.07, 6.45) is 2.86. The molecular formula is C35H34N4O2S. The molecule has 6 rings (SSSR count). The maximum atomic E-state index is 6.09. The third-order valence-corrected chi connectivity index (χ3v) is 8.21. The summed E-state index contributed by atoms with van der Waals surface area (Å²) < 4.78 is 13.7. The minimum Gasteiger partial charge on any atom is -0.497 e. The summed E-state index contributed by atoms with van der Waals surface area (Å²) in [5.74, 6) is 2.28. The molecule has 212 valence electrons. The van der Waals surface area contributed by atoms with E-state index in [0.717, 1.165) is 40.7 Å². The molecule has 0 radical (unpaired) electrons. The number of nitrogens with one attached hydrogen (secondary N) is 1.